The zero-order valence-corrected chi connectivity index (χ0v) is 31.7. The Morgan fingerprint density at radius 1 is 0.455 bits per heavy atom. The molecule has 55 heavy (non-hydrogen) atoms. The Labute approximate surface area is 324 Å². The van der Waals surface area contributed by atoms with Crippen molar-refractivity contribution in [3.05, 3.63) is 169 Å². The van der Waals surface area contributed by atoms with Gasteiger partial charge in [0.1, 0.15) is 11.5 Å². The summed E-state index contributed by atoms with van der Waals surface area (Å²) in [6.45, 7) is 5.84. The Hall–Kier alpha value is -6.52. The summed E-state index contributed by atoms with van der Waals surface area (Å²) in [6.07, 6.45) is 1.94. The van der Waals surface area contributed by atoms with Crippen molar-refractivity contribution in [2.45, 2.75) is 26.7 Å². The van der Waals surface area contributed by atoms with Gasteiger partial charge in [0.25, 0.3) is 0 Å². The van der Waals surface area contributed by atoms with Gasteiger partial charge in [-0.25, -0.2) is 0 Å². The summed E-state index contributed by atoms with van der Waals surface area (Å²) in [5.41, 5.74) is 11.7. The van der Waals surface area contributed by atoms with Gasteiger partial charge in [0.15, 0.2) is 0 Å². The molecule has 0 bridgehead atoms. The van der Waals surface area contributed by atoms with E-state index in [1.165, 1.54) is 0 Å². The zero-order chi connectivity index (χ0) is 37.9. The molecular weight excluding hydrogens is 673 g/mol. The second kappa shape index (κ2) is 15.5. The molecule has 3 N–H and O–H groups in total. The maximum atomic E-state index is 11.8. The van der Waals surface area contributed by atoms with Gasteiger partial charge in [0.2, 0.25) is 0 Å². The number of hydrogen-bond acceptors (Lipinski definition) is 4. The van der Waals surface area contributed by atoms with Crippen molar-refractivity contribution in [3.8, 4) is 56.0 Å². The number of fused-ring (bicyclic) bond motifs is 2. The molecule has 0 radical (unpaired) electrons. The minimum atomic E-state index is 0.292. The molecule has 8 aromatic carbocycles. The number of benzene rings is 8. The molecule has 0 atom stereocenters. The first kappa shape index (κ1) is 35.5. The molecular formula is C51H46N2O2. The van der Waals surface area contributed by atoms with E-state index in [1.807, 2.05) is 30.3 Å². The standard InChI is InChI=1S/C51H46N2O2/c1-34-30-44(40-24-14-18-36-16-4-6-20-38(36)40)50(54)46(32-34)42-22-8-10-26-48(42)52-28-12-13-29-53(3)49-27-11-9-23-43(49)47-33-35(2)31-45(51(47)55)41-25-15-19-37-17-5-7-21-39(37)41/h4-11,14-27,30-33,52,54-55H,12-13,28-29H2,1-3H3. The van der Waals surface area contributed by atoms with E-state index in [9.17, 15) is 10.2 Å². The molecule has 0 saturated heterocycles. The maximum Gasteiger partial charge on any atom is 0.131 e. The van der Waals surface area contributed by atoms with Crippen LogP contribution in [0.5, 0.6) is 11.5 Å². The van der Waals surface area contributed by atoms with E-state index in [0.29, 0.717) is 11.5 Å². The van der Waals surface area contributed by atoms with Crippen molar-refractivity contribution in [3.63, 3.8) is 0 Å². The Kier molecular flexibility index (Phi) is 9.97. The number of anilines is 2. The van der Waals surface area contributed by atoms with Gasteiger partial charge in [-0.15, -0.1) is 0 Å². The highest BCUT2D eigenvalue weighted by molar-refractivity contribution is 6.01. The lowest BCUT2D eigenvalue weighted by Gasteiger charge is -2.24. The molecule has 0 aliphatic heterocycles. The number of phenols is 2. The topological polar surface area (TPSA) is 55.7 Å². The van der Waals surface area contributed by atoms with Crippen LogP contribution in [-0.2, 0) is 0 Å². The van der Waals surface area contributed by atoms with Crippen molar-refractivity contribution in [1.29, 1.82) is 0 Å². The van der Waals surface area contributed by atoms with Crippen LogP contribution >= 0.6 is 0 Å². The highest BCUT2D eigenvalue weighted by Gasteiger charge is 2.19. The van der Waals surface area contributed by atoms with Crippen LogP contribution in [0.4, 0.5) is 11.4 Å². The van der Waals surface area contributed by atoms with Gasteiger partial charge in [-0.2, -0.15) is 0 Å². The normalized spacial score (nSPS) is 11.3. The highest BCUT2D eigenvalue weighted by Crippen LogP contribution is 2.45. The fourth-order valence-corrected chi connectivity index (χ4v) is 8.02. The first-order chi connectivity index (χ1) is 26.9. The third kappa shape index (κ3) is 7.12. The summed E-state index contributed by atoms with van der Waals surface area (Å²) in [5, 5.41) is 31.9. The van der Waals surface area contributed by atoms with Crippen LogP contribution in [0, 0.1) is 13.8 Å². The number of hydrogen-bond donors (Lipinski definition) is 3. The molecule has 0 unspecified atom stereocenters. The molecule has 8 rings (SSSR count). The molecule has 0 amide bonds. The summed E-state index contributed by atoms with van der Waals surface area (Å²) in [5.74, 6) is 0.593. The van der Waals surface area contributed by atoms with Gasteiger partial charge < -0.3 is 20.4 Å². The van der Waals surface area contributed by atoms with E-state index < -0.39 is 0 Å². The largest absolute Gasteiger partial charge is 0.507 e. The van der Waals surface area contributed by atoms with Crippen molar-refractivity contribution < 1.29 is 10.2 Å². The Balaban J connectivity index is 0.983. The number of phenolic OH excluding ortho intramolecular Hbond substituents is 2. The number of para-hydroxylation sites is 2. The number of nitrogens with one attached hydrogen (secondary N) is 1. The molecule has 0 fully saturated rings. The van der Waals surface area contributed by atoms with Gasteiger partial charge in [0.05, 0.1) is 0 Å². The van der Waals surface area contributed by atoms with Gasteiger partial charge >= 0.3 is 0 Å². The number of aromatic hydroxyl groups is 2. The number of aryl methyl sites for hydroxylation is 2. The smallest absolute Gasteiger partial charge is 0.131 e. The molecule has 0 spiro atoms. The van der Waals surface area contributed by atoms with Crippen LogP contribution in [0.2, 0.25) is 0 Å². The van der Waals surface area contributed by atoms with E-state index >= 15 is 0 Å². The molecule has 0 aromatic heterocycles. The van der Waals surface area contributed by atoms with Crippen molar-refractivity contribution >= 4 is 32.9 Å². The second-order valence-electron chi connectivity index (χ2n) is 14.6. The second-order valence-corrected chi connectivity index (χ2v) is 14.6. The monoisotopic (exact) mass is 718 g/mol. The van der Waals surface area contributed by atoms with Gasteiger partial charge in [-0.3, -0.25) is 0 Å². The lowest BCUT2D eigenvalue weighted by atomic mass is 9.91. The van der Waals surface area contributed by atoms with E-state index in [4.69, 9.17) is 0 Å². The average molecular weight is 719 g/mol. The zero-order valence-electron chi connectivity index (χ0n) is 31.7. The van der Waals surface area contributed by atoms with Crippen LogP contribution in [-0.4, -0.2) is 30.4 Å². The first-order valence-corrected chi connectivity index (χ1v) is 19.1. The Morgan fingerprint density at radius 3 is 1.49 bits per heavy atom. The SMILES string of the molecule is Cc1cc(-c2ccccc2NCCCCN(C)c2ccccc2-c2cc(C)cc(-c3cccc4ccccc34)c2O)c(O)c(-c2cccc3ccccc23)c1. The molecule has 0 heterocycles. The molecule has 0 aliphatic rings. The van der Waals surface area contributed by atoms with E-state index in [0.717, 1.165) is 114 Å². The third-order valence-electron chi connectivity index (χ3n) is 10.7. The van der Waals surface area contributed by atoms with Crippen LogP contribution < -0.4 is 10.2 Å². The van der Waals surface area contributed by atoms with E-state index in [1.54, 1.807) is 0 Å². The van der Waals surface area contributed by atoms with Gasteiger partial charge in [-0.05, 0) is 107 Å². The van der Waals surface area contributed by atoms with Crippen LogP contribution in [0.15, 0.2) is 158 Å². The van der Waals surface area contributed by atoms with Crippen molar-refractivity contribution in [2.24, 2.45) is 0 Å². The summed E-state index contributed by atoms with van der Waals surface area (Å²) in [7, 11) is 2.13. The number of nitrogens with zero attached hydrogens (tertiary/aromatic N) is 1. The lowest BCUT2D eigenvalue weighted by Crippen LogP contribution is -2.20. The predicted octanol–water partition coefficient (Wildman–Crippen LogP) is 13.0. The molecule has 272 valence electrons. The van der Waals surface area contributed by atoms with Gasteiger partial charge in [0, 0.05) is 64.9 Å². The fourth-order valence-electron chi connectivity index (χ4n) is 8.02. The van der Waals surface area contributed by atoms with Crippen LogP contribution in [0.25, 0.3) is 66.1 Å². The molecule has 0 saturated carbocycles. The summed E-state index contributed by atoms with van der Waals surface area (Å²) in [4.78, 5) is 2.29. The van der Waals surface area contributed by atoms with Crippen molar-refractivity contribution in [2.75, 3.05) is 30.4 Å². The van der Waals surface area contributed by atoms with Gasteiger partial charge in [-0.1, -0.05) is 121 Å². The fraction of sp³-hybridized carbons (Fsp3) is 0.137. The minimum absolute atomic E-state index is 0.292. The van der Waals surface area contributed by atoms with Crippen LogP contribution in [0.1, 0.15) is 24.0 Å². The molecule has 0 aliphatic carbocycles. The van der Waals surface area contributed by atoms with E-state index in [2.05, 4.69) is 159 Å². The Bertz CT molecular complexity index is 2650. The maximum absolute atomic E-state index is 11.8. The molecule has 4 nitrogen and oxygen atoms in total. The van der Waals surface area contributed by atoms with Crippen molar-refractivity contribution in [1.82, 2.24) is 0 Å². The van der Waals surface area contributed by atoms with E-state index in [-0.39, 0.29) is 0 Å². The highest BCUT2D eigenvalue weighted by atomic mass is 16.3. The first-order valence-electron chi connectivity index (χ1n) is 19.1. The summed E-state index contributed by atoms with van der Waals surface area (Å²) >= 11 is 0. The molecule has 8 aromatic rings. The summed E-state index contributed by atoms with van der Waals surface area (Å²) < 4.78 is 0. The predicted molar refractivity (Wildman–Crippen MR) is 233 cm³/mol. The quantitative estimate of drug-likeness (QED) is 0.117. The minimum Gasteiger partial charge on any atom is -0.507 e. The number of unbranched alkanes of at least 4 members (excludes halogenated alkanes) is 1. The Morgan fingerprint density at radius 2 is 0.891 bits per heavy atom. The lowest BCUT2D eigenvalue weighted by molar-refractivity contribution is 0.479. The average Bonchev–Trinajstić information content (AvgIpc) is 3.22. The summed E-state index contributed by atoms with van der Waals surface area (Å²) in [6, 6.07) is 54.1. The molecule has 4 heteroatoms. The van der Waals surface area contributed by atoms with Crippen LogP contribution in [0.3, 0.4) is 0 Å². The number of rotatable bonds is 11. The third-order valence-corrected chi connectivity index (χ3v) is 10.7.